The van der Waals surface area contributed by atoms with E-state index >= 15 is 0 Å². The molecule has 2 heterocycles. The van der Waals surface area contributed by atoms with Crippen LogP contribution in [0, 0.1) is 0 Å². The second kappa shape index (κ2) is 6.77. The molecule has 1 N–H and O–H groups in total. The largest absolute Gasteiger partial charge is 0.454 e. The fourth-order valence-electron chi connectivity index (χ4n) is 2.63. The molecular formula is C16H19N3O5. The Hall–Kier alpha value is -2.77. The first-order valence-electron chi connectivity index (χ1n) is 7.75. The minimum atomic E-state index is -0.305. The summed E-state index contributed by atoms with van der Waals surface area (Å²) in [5.74, 6) is 1.04. The summed E-state index contributed by atoms with van der Waals surface area (Å²) in [6, 6.07) is 5.21. The van der Waals surface area contributed by atoms with Crippen LogP contribution in [-0.2, 0) is 16.1 Å². The van der Waals surface area contributed by atoms with Gasteiger partial charge in [-0.25, -0.2) is 4.79 Å². The third-order valence-electron chi connectivity index (χ3n) is 3.94. The Morgan fingerprint density at radius 2 is 2.04 bits per heavy atom. The van der Waals surface area contributed by atoms with Crippen molar-refractivity contribution >= 4 is 17.8 Å². The average molecular weight is 333 g/mol. The molecule has 0 aromatic heterocycles. The molecule has 3 rings (SSSR count). The van der Waals surface area contributed by atoms with Crippen LogP contribution in [0.5, 0.6) is 11.5 Å². The van der Waals surface area contributed by atoms with Crippen molar-refractivity contribution in [2.75, 3.05) is 26.9 Å². The van der Waals surface area contributed by atoms with E-state index in [9.17, 15) is 14.4 Å². The Morgan fingerprint density at radius 1 is 1.25 bits per heavy atom. The maximum atomic E-state index is 11.9. The third kappa shape index (κ3) is 3.42. The first-order chi connectivity index (χ1) is 11.5. The zero-order valence-corrected chi connectivity index (χ0v) is 13.4. The van der Waals surface area contributed by atoms with Crippen molar-refractivity contribution < 1.29 is 23.9 Å². The fourth-order valence-corrected chi connectivity index (χ4v) is 2.63. The topological polar surface area (TPSA) is 88.2 Å². The molecule has 0 atom stereocenters. The van der Waals surface area contributed by atoms with Crippen LogP contribution in [0.3, 0.4) is 0 Å². The predicted octanol–water partition coefficient (Wildman–Crippen LogP) is 0.706. The molecule has 4 amide bonds. The van der Waals surface area contributed by atoms with Crippen molar-refractivity contribution in [3.8, 4) is 11.5 Å². The van der Waals surface area contributed by atoms with Crippen molar-refractivity contribution in [3.05, 3.63) is 23.8 Å². The Labute approximate surface area is 139 Å². The Balaban J connectivity index is 1.40. The van der Waals surface area contributed by atoms with Gasteiger partial charge in [0, 0.05) is 26.6 Å². The maximum absolute atomic E-state index is 11.9. The number of imide groups is 1. The molecule has 1 aromatic rings. The minimum absolute atomic E-state index is 0.106. The summed E-state index contributed by atoms with van der Waals surface area (Å²) >= 11 is 0. The lowest BCUT2D eigenvalue weighted by Crippen LogP contribution is -2.33. The van der Waals surface area contributed by atoms with Gasteiger partial charge in [-0.1, -0.05) is 6.07 Å². The highest BCUT2D eigenvalue weighted by atomic mass is 16.7. The SMILES string of the molecule is CN1CC(=O)N(CCCC(=O)NCc2ccc3c(c2)OCO3)C1=O. The lowest BCUT2D eigenvalue weighted by molar-refractivity contribution is -0.126. The van der Waals surface area contributed by atoms with Gasteiger partial charge < -0.3 is 19.7 Å². The number of carbonyl (C=O) groups is 3. The number of carbonyl (C=O) groups excluding carboxylic acids is 3. The van der Waals surface area contributed by atoms with Crippen molar-refractivity contribution in [1.82, 2.24) is 15.1 Å². The number of urea groups is 1. The molecule has 0 radical (unpaired) electrons. The zero-order chi connectivity index (χ0) is 17.1. The zero-order valence-electron chi connectivity index (χ0n) is 13.4. The van der Waals surface area contributed by atoms with Gasteiger partial charge in [0.05, 0.1) is 0 Å². The quantitative estimate of drug-likeness (QED) is 0.775. The smallest absolute Gasteiger partial charge is 0.326 e. The van der Waals surface area contributed by atoms with Crippen molar-refractivity contribution in [2.24, 2.45) is 0 Å². The molecule has 1 fully saturated rings. The summed E-state index contributed by atoms with van der Waals surface area (Å²) in [4.78, 5) is 37.8. The summed E-state index contributed by atoms with van der Waals surface area (Å²) in [7, 11) is 1.58. The van der Waals surface area contributed by atoms with E-state index in [0.717, 1.165) is 5.56 Å². The van der Waals surface area contributed by atoms with E-state index in [-0.39, 0.29) is 44.1 Å². The van der Waals surface area contributed by atoms with Gasteiger partial charge in [-0.15, -0.1) is 0 Å². The number of rotatable bonds is 6. The van der Waals surface area contributed by atoms with Crippen LogP contribution in [-0.4, -0.2) is 54.6 Å². The number of benzene rings is 1. The lowest BCUT2D eigenvalue weighted by atomic mass is 10.2. The summed E-state index contributed by atoms with van der Waals surface area (Å²) in [6.07, 6.45) is 0.698. The molecule has 24 heavy (non-hydrogen) atoms. The normalized spacial score (nSPS) is 16.0. The number of likely N-dealkylation sites (N-methyl/N-ethyl adjacent to an activating group) is 1. The standard InChI is InChI=1S/C16H19N3O5/c1-18-9-15(21)19(16(18)22)6-2-3-14(20)17-8-11-4-5-12-13(7-11)24-10-23-12/h4-5,7H,2-3,6,8-10H2,1H3,(H,17,20). The van der Waals surface area contributed by atoms with Gasteiger partial charge in [-0.3, -0.25) is 14.5 Å². The highest BCUT2D eigenvalue weighted by Gasteiger charge is 2.32. The first kappa shape index (κ1) is 16.1. The van der Waals surface area contributed by atoms with E-state index < -0.39 is 0 Å². The molecule has 1 saturated heterocycles. The van der Waals surface area contributed by atoms with E-state index in [1.807, 2.05) is 18.2 Å². The summed E-state index contributed by atoms with van der Waals surface area (Å²) in [5.41, 5.74) is 0.916. The Morgan fingerprint density at radius 3 is 2.79 bits per heavy atom. The molecule has 1 aromatic carbocycles. The predicted molar refractivity (Wildman–Crippen MR) is 83.4 cm³/mol. The molecule has 0 aliphatic carbocycles. The average Bonchev–Trinajstić information content (AvgIpc) is 3.12. The number of amides is 4. The van der Waals surface area contributed by atoms with Crippen LogP contribution in [0.1, 0.15) is 18.4 Å². The van der Waals surface area contributed by atoms with E-state index in [1.54, 1.807) is 7.05 Å². The van der Waals surface area contributed by atoms with Crippen LogP contribution in [0.2, 0.25) is 0 Å². The van der Waals surface area contributed by atoms with Crippen LogP contribution in [0.15, 0.2) is 18.2 Å². The van der Waals surface area contributed by atoms with Crippen molar-refractivity contribution in [1.29, 1.82) is 0 Å². The molecule has 8 heteroatoms. The second-order valence-corrected chi connectivity index (χ2v) is 5.75. The van der Waals surface area contributed by atoms with E-state index in [0.29, 0.717) is 24.5 Å². The van der Waals surface area contributed by atoms with E-state index in [4.69, 9.17) is 9.47 Å². The lowest BCUT2D eigenvalue weighted by Gasteiger charge is -2.13. The fraction of sp³-hybridized carbons (Fsp3) is 0.438. The molecule has 0 spiro atoms. The summed E-state index contributed by atoms with van der Waals surface area (Å²) in [5, 5.41) is 2.81. The summed E-state index contributed by atoms with van der Waals surface area (Å²) < 4.78 is 10.5. The molecule has 0 saturated carbocycles. The molecule has 0 bridgehead atoms. The summed E-state index contributed by atoms with van der Waals surface area (Å²) in [6.45, 7) is 0.975. The molecule has 128 valence electrons. The Bertz CT molecular complexity index is 676. The molecule has 2 aliphatic heterocycles. The van der Waals surface area contributed by atoms with Crippen molar-refractivity contribution in [3.63, 3.8) is 0 Å². The van der Waals surface area contributed by atoms with Gasteiger partial charge in [-0.2, -0.15) is 0 Å². The van der Waals surface area contributed by atoms with Gasteiger partial charge in [-0.05, 0) is 24.1 Å². The number of fused-ring (bicyclic) bond motifs is 1. The number of hydrogen-bond acceptors (Lipinski definition) is 5. The molecular weight excluding hydrogens is 314 g/mol. The van der Waals surface area contributed by atoms with Gasteiger partial charge in [0.15, 0.2) is 11.5 Å². The number of nitrogens with one attached hydrogen (secondary N) is 1. The molecule has 2 aliphatic rings. The van der Waals surface area contributed by atoms with Crippen molar-refractivity contribution in [2.45, 2.75) is 19.4 Å². The maximum Gasteiger partial charge on any atom is 0.326 e. The second-order valence-electron chi connectivity index (χ2n) is 5.75. The van der Waals surface area contributed by atoms with Gasteiger partial charge >= 0.3 is 6.03 Å². The van der Waals surface area contributed by atoms with Crippen LogP contribution >= 0.6 is 0 Å². The van der Waals surface area contributed by atoms with Crippen LogP contribution < -0.4 is 14.8 Å². The van der Waals surface area contributed by atoms with Crippen LogP contribution in [0.25, 0.3) is 0 Å². The highest BCUT2D eigenvalue weighted by Crippen LogP contribution is 2.32. The number of nitrogens with zero attached hydrogens (tertiary/aromatic N) is 2. The van der Waals surface area contributed by atoms with Gasteiger partial charge in [0.2, 0.25) is 18.6 Å². The molecule has 8 nitrogen and oxygen atoms in total. The number of hydrogen-bond donors (Lipinski definition) is 1. The van der Waals surface area contributed by atoms with Gasteiger partial charge in [0.25, 0.3) is 0 Å². The third-order valence-corrected chi connectivity index (χ3v) is 3.94. The van der Waals surface area contributed by atoms with Crippen LogP contribution in [0.4, 0.5) is 4.79 Å². The Kier molecular flexibility index (Phi) is 4.54. The monoisotopic (exact) mass is 333 g/mol. The minimum Gasteiger partial charge on any atom is -0.454 e. The molecule has 0 unspecified atom stereocenters. The first-order valence-corrected chi connectivity index (χ1v) is 7.75. The number of ether oxygens (including phenoxy) is 2. The van der Waals surface area contributed by atoms with E-state index in [2.05, 4.69) is 5.32 Å². The van der Waals surface area contributed by atoms with E-state index in [1.165, 1.54) is 9.80 Å². The van der Waals surface area contributed by atoms with Gasteiger partial charge in [0.1, 0.15) is 6.54 Å². The highest BCUT2D eigenvalue weighted by molar-refractivity contribution is 6.01.